The number of aromatic nitrogens is 2. The molecule has 1 unspecified atom stereocenters. The summed E-state index contributed by atoms with van der Waals surface area (Å²) in [6.07, 6.45) is -1.25. The number of nitrogens with one attached hydrogen (secondary N) is 1. The Bertz CT molecular complexity index is 1330. The number of hydrogen-bond donors (Lipinski definition) is 2. The van der Waals surface area contributed by atoms with Crippen molar-refractivity contribution >= 4 is 37.6 Å². The highest BCUT2D eigenvalue weighted by molar-refractivity contribution is 7.49. The first-order valence-electron chi connectivity index (χ1n) is 10.4. The van der Waals surface area contributed by atoms with Crippen molar-refractivity contribution in [3.63, 3.8) is 0 Å². The molecule has 0 bridgehead atoms. The molecule has 178 valence electrons. The van der Waals surface area contributed by atoms with Gasteiger partial charge in [0.25, 0.3) is 5.56 Å². The van der Waals surface area contributed by atoms with Gasteiger partial charge in [-0.15, -0.1) is 0 Å². The van der Waals surface area contributed by atoms with Crippen LogP contribution in [0.25, 0.3) is 0 Å². The fraction of sp³-hybridized carbons (Fsp3) is 0.389. The molecule has 0 aliphatic carbocycles. The SMILES string of the molecule is BC(B)(OP1(=O)OCc2cccc(C)c2O1)[C@]1(F)C[C@@H](O)[C@](B)(n2cc(C=O)c(=O)[nH]c2=O)O1. The second kappa shape index (κ2) is 8.06. The van der Waals surface area contributed by atoms with Crippen LogP contribution < -0.4 is 15.8 Å². The number of aldehydes is 1. The summed E-state index contributed by atoms with van der Waals surface area (Å²) in [7, 11) is -0.641. The zero-order chi connectivity index (χ0) is 25.1. The Kier molecular flexibility index (Phi) is 5.85. The van der Waals surface area contributed by atoms with E-state index in [-0.39, 0.29) is 12.9 Å². The molecule has 0 radical (unpaired) electrons. The first kappa shape index (κ1) is 24.7. The minimum Gasteiger partial charge on any atom is -0.403 e. The van der Waals surface area contributed by atoms with Crippen LogP contribution in [0, 0.1) is 6.92 Å². The van der Waals surface area contributed by atoms with Gasteiger partial charge in [-0.1, -0.05) is 18.2 Å². The quantitative estimate of drug-likeness (QED) is 0.275. The predicted octanol–water partition coefficient (Wildman–Crippen LogP) is -2.00. The van der Waals surface area contributed by atoms with Gasteiger partial charge in [-0.3, -0.25) is 28.2 Å². The number of aryl methyl sites for hydroxylation is 1. The summed E-state index contributed by atoms with van der Waals surface area (Å²) < 4.78 is 52.1. The summed E-state index contributed by atoms with van der Waals surface area (Å²) >= 11 is 0. The lowest BCUT2D eigenvalue weighted by Crippen LogP contribution is -2.56. The molecule has 1 fully saturated rings. The number of hydrogen-bond acceptors (Lipinski definition) is 9. The van der Waals surface area contributed by atoms with E-state index < -0.39 is 54.0 Å². The van der Waals surface area contributed by atoms with E-state index in [9.17, 15) is 24.1 Å². The Morgan fingerprint density at radius 1 is 1.41 bits per heavy atom. The molecule has 1 saturated heterocycles. The average molecular weight is 492 g/mol. The molecule has 16 heteroatoms. The molecule has 1 aromatic heterocycles. The lowest BCUT2D eigenvalue weighted by Gasteiger charge is -2.41. The fourth-order valence-electron chi connectivity index (χ4n) is 3.99. The molecule has 1 aromatic carbocycles. The van der Waals surface area contributed by atoms with Crippen molar-refractivity contribution in [3.05, 3.63) is 61.9 Å². The van der Waals surface area contributed by atoms with E-state index in [0.29, 0.717) is 16.9 Å². The molecule has 0 spiro atoms. The van der Waals surface area contributed by atoms with Crippen LogP contribution >= 0.6 is 7.82 Å². The summed E-state index contributed by atoms with van der Waals surface area (Å²) in [5.41, 5.74) is -3.11. The number of para-hydroxylation sites is 1. The second-order valence-electron chi connectivity index (χ2n) is 8.91. The number of fused-ring (bicyclic) bond motifs is 1. The van der Waals surface area contributed by atoms with Crippen LogP contribution in [-0.4, -0.2) is 61.8 Å². The van der Waals surface area contributed by atoms with Gasteiger partial charge in [0.05, 0.1) is 23.7 Å². The maximum absolute atomic E-state index is 16.2. The minimum absolute atomic E-state index is 0.0912. The molecule has 4 atom stereocenters. The number of aliphatic hydroxyl groups is 1. The Morgan fingerprint density at radius 2 is 2.12 bits per heavy atom. The summed E-state index contributed by atoms with van der Waals surface area (Å²) in [5, 5.41) is 8.69. The van der Waals surface area contributed by atoms with Gasteiger partial charge in [-0.2, -0.15) is 0 Å². The van der Waals surface area contributed by atoms with Crippen LogP contribution in [0.1, 0.15) is 27.9 Å². The second-order valence-corrected chi connectivity index (χ2v) is 10.4. The number of phosphoric ester groups is 1. The molecule has 2 aliphatic heterocycles. The number of aliphatic hydroxyl groups excluding tert-OH is 1. The Hall–Kier alpha value is -2.44. The molecule has 3 heterocycles. The number of nitrogens with zero attached hydrogens (tertiary/aromatic N) is 1. The summed E-state index contributed by atoms with van der Waals surface area (Å²) in [6.45, 7) is 1.65. The summed E-state index contributed by atoms with van der Waals surface area (Å²) in [5.74, 6) is -2.49. The van der Waals surface area contributed by atoms with E-state index in [1.54, 1.807) is 25.1 Å². The topological polar surface area (TPSA) is 146 Å². The smallest absolute Gasteiger partial charge is 0.403 e. The molecular formula is C18H21B3FN2O9P. The van der Waals surface area contributed by atoms with E-state index >= 15 is 4.39 Å². The molecule has 2 N–H and O–H groups in total. The van der Waals surface area contributed by atoms with Crippen molar-refractivity contribution in [1.82, 2.24) is 9.55 Å². The van der Waals surface area contributed by atoms with Crippen LogP contribution in [0.3, 0.4) is 0 Å². The van der Waals surface area contributed by atoms with Crippen LogP contribution in [0.5, 0.6) is 5.75 Å². The van der Waals surface area contributed by atoms with Crippen LogP contribution in [-0.2, 0) is 30.6 Å². The number of benzene rings is 1. The van der Waals surface area contributed by atoms with E-state index in [1.165, 1.54) is 23.5 Å². The molecule has 34 heavy (non-hydrogen) atoms. The molecule has 0 amide bonds. The largest absolute Gasteiger partial charge is 0.529 e. The zero-order valence-electron chi connectivity index (χ0n) is 18.9. The van der Waals surface area contributed by atoms with Crippen molar-refractivity contribution in [2.24, 2.45) is 0 Å². The normalized spacial score (nSPS) is 31.0. The lowest BCUT2D eigenvalue weighted by molar-refractivity contribution is -0.219. The number of carbonyl (C=O) groups is 1. The third kappa shape index (κ3) is 3.91. The number of phosphoric acid groups is 1. The maximum Gasteiger partial charge on any atom is 0.529 e. The molecule has 2 aliphatic rings. The zero-order valence-corrected chi connectivity index (χ0v) is 19.8. The number of carbonyl (C=O) groups excluding carboxylic acids is 1. The van der Waals surface area contributed by atoms with Gasteiger partial charge in [-0.25, -0.2) is 13.8 Å². The number of aromatic amines is 1. The maximum atomic E-state index is 16.2. The van der Waals surface area contributed by atoms with E-state index in [2.05, 4.69) is 0 Å². The van der Waals surface area contributed by atoms with Crippen molar-refractivity contribution in [2.75, 3.05) is 0 Å². The van der Waals surface area contributed by atoms with E-state index in [1.807, 2.05) is 4.98 Å². The van der Waals surface area contributed by atoms with Crippen molar-refractivity contribution in [2.45, 2.75) is 42.9 Å². The Morgan fingerprint density at radius 3 is 2.79 bits per heavy atom. The third-order valence-corrected chi connectivity index (χ3v) is 7.66. The monoisotopic (exact) mass is 492 g/mol. The van der Waals surface area contributed by atoms with Crippen LogP contribution in [0.2, 0.25) is 0 Å². The molecule has 11 nitrogen and oxygen atoms in total. The number of rotatable bonds is 5. The number of ether oxygens (including phenoxy) is 1. The van der Waals surface area contributed by atoms with Gasteiger partial charge in [0.2, 0.25) is 5.85 Å². The van der Waals surface area contributed by atoms with Crippen molar-refractivity contribution in [1.29, 1.82) is 0 Å². The van der Waals surface area contributed by atoms with Gasteiger partial charge in [0.1, 0.15) is 27.1 Å². The van der Waals surface area contributed by atoms with Crippen LogP contribution in [0.4, 0.5) is 4.39 Å². The van der Waals surface area contributed by atoms with E-state index in [4.69, 9.17) is 18.3 Å². The Labute approximate surface area is 195 Å². The van der Waals surface area contributed by atoms with Gasteiger partial charge >= 0.3 is 13.5 Å². The predicted molar refractivity (Wildman–Crippen MR) is 124 cm³/mol. The third-order valence-electron chi connectivity index (χ3n) is 6.13. The minimum atomic E-state index is -4.32. The highest BCUT2D eigenvalue weighted by Crippen LogP contribution is 2.59. The van der Waals surface area contributed by atoms with Gasteiger partial charge in [0, 0.05) is 18.2 Å². The molecule has 2 aromatic rings. The van der Waals surface area contributed by atoms with Crippen molar-refractivity contribution in [3.8, 4) is 5.75 Å². The highest BCUT2D eigenvalue weighted by Gasteiger charge is 2.63. The van der Waals surface area contributed by atoms with E-state index in [0.717, 1.165) is 10.8 Å². The molecule has 4 rings (SSSR count). The molecular weight excluding hydrogens is 471 g/mol. The first-order valence-corrected chi connectivity index (χ1v) is 11.8. The number of halogens is 1. The molecule has 0 saturated carbocycles. The Balaban J connectivity index is 1.65. The summed E-state index contributed by atoms with van der Waals surface area (Å²) in [4.78, 5) is 37.2. The highest BCUT2D eigenvalue weighted by atomic mass is 31.2. The first-order chi connectivity index (χ1) is 15.7. The lowest BCUT2D eigenvalue weighted by atomic mass is 9.60. The fourth-order valence-corrected chi connectivity index (χ4v) is 5.61. The van der Waals surface area contributed by atoms with Crippen molar-refractivity contribution < 1.29 is 37.2 Å². The van der Waals surface area contributed by atoms with Gasteiger partial charge < -0.3 is 14.4 Å². The average Bonchev–Trinajstić information content (AvgIpc) is 2.98. The number of alkyl halides is 1. The number of H-pyrrole nitrogens is 1. The van der Waals surface area contributed by atoms with Gasteiger partial charge in [-0.05, 0) is 12.5 Å². The van der Waals surface area contributed by atoms with Gasteiger partial charge in [0.15, 0.2) is 14.1 Å². The van der Waals surface area contributed by atoms with Crippen LogP contribution in [0.15, 0.2) is 34.0 Å². The standard InChI is InChI=1S/C18H21B3FN2O9P/c1-9-3-2-4-10-8-30-34(29,31-13(9)10)33-18(20,21)16(22)5-12(26)17(19,32-16)24-6-11(7-25)14(27)23-15(24)28/h2-4,6-7,12,26H,5,8,19-21H2,1H3,(H,23,27,28)/t12-,16+,17+,34?/m1/s1. The summed E-state index contributed by atoms with van der Waals surface area (Å²) in [6, 6.07) is 5.25.